The summed E-state index contributed by atoms with van der Waals surface area (Å²) in [6, 6.07) is 3.86. The van der Waals surface area contributed by atoms with Crippen molar-refractivity contribution in [3.05, 3.63) is 29.2 Å². The van der Waals surface area contributed by atoms with Gasteiger partial charge in [0, 0.05) is 0 Å². The molecule has 0 radical (unpaired) electrons. The summed E-state index contributed by atoms with van der Waals surface area (Å²) in [5, 5.41) is 9.25. The Morgan fingerprint density at radius 1 is 1.44 bits per heavy atom. The van der Waals surface area contributed by atoms with Gasteiger partial charge in [-0.3, -0.25) is 4.90 Å². The van der Waals surface area contributed by atoms with Gasteiger partial charge >= 0.3 is 0 Å². The Balaban J connectivity index is 1.95. The van der Waals surface area contributed by atoms with E-state index in [1.807, 2.05) is 12.1 Å². The molecule has 5 nitrogen and oxygen atoms in total. The monoisotopic (exact) mass is 238 g/mol. The largest absolute Gasteiger partial charge is 0.468 e. The summed E-state index contributed by atoms with van der Waals surface area (Å²) in [5.74, 6) is 0.958. The van der Waals surface area contributed by atoms with E-state index in [1.54, 1.807) is 6.26 Å². The first-order chi connectivity index (χ1) is 7.78. The summed E-state index contributed by atoms with van der Waals surface area (Å²) in [6.07, 6.45) is 1.69. The van der Waals surface area contributed by atoms with Crippen molar-refractivity contribution in [3.63, 3.8) is 0 Å². The minimum absolute atomic E-state index is 0.518. The molecule has 0 aliphatic carbocycles. The van der Waals surface area contributed by atoms with E-state index in [4.69, 9.17) is 10.2 Å². The van der Waals surface area contributed by atoms with Crippen LogP contribution in [0.1, 0.15) is 17.7 Å². The molecule has 0 saturated heterocycles. The maximum absolute atomic E-state index is 5.54. The molecule has 0 unspecified atom stereocenters. The Kier molecular flexibility index (Phi) is 3.53. The lowest BCUT2D eigenvalue weighted by Crippen LogP contribution is -2.21. The van der Waals surface area contributed by atoms with Crippen molar-refractivity contribution in [2.24, 2.45) is 0 Å². The third-order valence-corrected chi connectivity index (χ3v) is 2.99. The van der Waals surface area contributed by atoms with Crippen LogP contribution in [-0.2, 0) is 13.1 Å². The van der Waals surface area contributed by atoms with Crippen LogP contribution in [0.25, 0.3) is 0 Å². The number of hydrogen-bond acceptors (Lipinski definition) is 6. The van der Waals surface area contributed by atoms with E-state index >= 15 is 0 Å². The Labute approximate surface area is 97.9 Å². The fraction of sp³-hybridized carbons (Fsp3) is 0.400. The standard InChI is InChI=1S/C10H14N4OS/c1-2-14(6-8-4-3-5-15-8)7-9-12-13-10(11)16-9/h3-5H,2,6-7H2,1H3,(H2,11,13). The van der Waals surface area contributed by atoms with Crippen LogP contribution in [0.15, 0.2) is 22.8 Å². The second-order valence-corrected chi connectivity index (χ2v) is 4.51. The zero-order valence-electron chi connectivity index (χ0n) is 9.09. The van der Waals surface area contributed by atoms with Crippen LogP contribution in [-0.4, -0.2) is 21.6 Å². The normalized spacial score (nSPS) is 11.1. The maximum atomic E-state index is 5.54. The predicted octanol–water partition coefficient (Wildman–Crippen LogP) is 1.74. The molecule has 6 heteroatoms. The van der Waals surface area contributed by atoms with Gasteiger partial charge < -0.3 is 10.2 Å². The quantitative estimate of drug-likeness (QED) is 0.859. The first kappa shape index (κ1) is 11.1. The van der Waals surface area contributed by atoms with Crippen molar-refractivity contribution in [2.75, 3.05) is 12.3 Å². The molecule has 2 aromatic heterocycles. The van der Waals surface area contributed by atoms with Crippen LogP contribution in [0.4, 0.5) is 5.13 Å². The highest BCUT2D eigenvalue weighted by atomic mass is 32.1. The average molecular weight is 238 g/mol. The fourth-order valence-electron chi connectivity index (χ4n) is 1.42. The van der Waals surface area contributed by atoms with Gasteiger partial charge in [-0.2, -0.15) is 0 Å². The number of nitrogen functional groups attached to an aromatic ring is 1. The van der Waals surface area contributed by atoms with Crippen LogP contribution < -0.4 is 5.73 Å². The third kappa shape index (κ3) is 2.80. The molecular weight excluding hydrogens is 224 g/mol. The number of nitrogens with two attached hydrogens (primary N) is 1. The number of furan rings is 1. The molecule has 0 fully saturated rings. The highest BCUT2D eigenvalue weighted by Gasteiger charge is 2.09. The van der Waals surface area contributed by atoms with Crippen molar-refractivity contribution >= 4 is 16.5 Å². The number of aromatic nitrogens is 2. The molecule has 2 N–H and O–H groups in total. The topological polar surface area (TPSA) is 68.2 Å². The molecule has 0 bridgehead atoms. The molecule has 0 aliphatic rings. The molecular formula is C10H14N4OS. The molecule has 0 atom stereocenters. The second-order valence-electron chi connectivity index (χ2n) is 3.42. The van der Waals surface area contributed by atoms with E-state index in [-0.39, 0.29) is 0 Å². The van der Waals surface area contributed by atoms with E-state index < -0.39 is 0 Å². The van der Waals surface area contributed by atoms with Crippen LogP contribution >= 0.6 is 11.3 Å². The van der Waals surface area contributed by atoms with E-state index in [0.717, 1.165) is 30.4 Å². The van der Waals surface area contributed by atoms with Gasteiger partial charge in [0.2, 0.25) is 5.13 Å². The number of anilines is 1. The van der Waals surface area contributed by atoms with Gasteiger partial charge in [-0.25, -0.2) is 0 Å². The van der Waals surface area contributed by atoms with Gasteiger partial charge in [-0.1, -0.05) is 18.3 Å². The molecule has 86 valence electrons. The Morgan fingerprint density at radius 3 is 2.88 bits per heavy atom. The maximum Gasteiger partial charge on any atom is 0.203 e. The predicted molar refractivity (Wildman–Crippen MR) is 62.8 cm³/mol. The molecule has 2 aromatic rings. The van der Waals surface area contributed by atoms with E-state index in [9.17, 15) is 0 Å². The minimum Gasteiger partial charge on any atom is -0.468 e. The van der Waals surface area contributed by atoms with Crippen LogP contribution in [0, 0.1) is 0 Å². The summed E-state index contributed by atoms with van der Waals surface area (Å²) >= 11 is 1.43. The second kappa shape index (κ2) is 5.09. The lowest BCUT2D eigenvalue weighted by molar-refractivity contribution is 0.247. The molecule has 0 saturated carbocycles. The Bertz CT molecular complexity index is 426. The van der Waals surface area contributed by atoms with E-state index in [1.165, 1.54) is 11.3 Å². The summed E-state index contributed by atoms with van der Waals surface area (Å²) < 4.78 is 5.31. The van der Waals surface area contributed by atoms with Crippen LogP contribution in [0.5, 0.6) is 0 Å². The molecule has 0 spiro atoms. The van der Waals surface area contributed by atoms with Gasteiger partial charge in [-0.05, 0) is 18.7 Å². The Morgan fingerprint density at radius 2 is 2.31 bits per heavy atom. The third-order valence-electron chi connectivity index (χ3n) is 2.25. The zero-order chi connectivity index (χ0) is 11.4. The molecule has 0 amide bonds. The number of hydrogen-bond donors (Lipinski definition) is 1. The van der Waals surface area contributed by atoms with Crippen molar-refractivity contribution in [1.82, 2.24) is 15.1 Å². The minimum atomic E-state index is 0.518. The molecule has 2 heterocycles. The summed E-state index contributed by atoms with van der Waals surface area (Å²) in [4.78, 5) is 2.22. The van der Waals surface area contributed by atoms with Gasteiger partial charge in [0.25, 0.3) is 0 Å². The number of rotatable bonds is 5. The van der Waals surface area contributed by atoms with Crippen molar-refractivity contribution in [1.29, 1.82) is 0 Å². The van der Waals surface area contributed by atoms with Crippen molar-refractivity contribution < 1.29 is 4.42 Å². The van der Waals surface area contributed by atoms with Crippen molar-refractivity contribution in [2.45, 2.75) is 20.0 Å². The smallest absolute Gasteiger partial charge is 0.203 e. The lowest BCUT2D eigenvalue weighted by atomic mass is 10.4. The fourth-order valence-corrected chi connectivity index (χ4v) is 2.08. The van der Waals surface area contributed by atoms with Gasteiger partial charge in [-0.15, -0.1) is 10.2 Å². The molecule has 16 heavy (non-hydrogen) atoms. The first-order valence-electron chi connectivity index (χ1n) is 5.10. The highest BCUT2D eigenvalue weighted by Crippen LogP contribution is 2.15. The van der Waals surface area contributed by atoms with E-state index in [0.29, 0.717) is 5.13 Å². The van der Waals surface area contributed by atoms with Gasteiger partial charge in [0.05, 0.1) is 19.4 Å². The first-order valence-corrected chi connectivity index (χ1v) is 5.92. The average Bonchev–Trinajstić information content (AvgIpc) is 2.89. The SMILES string of the molecule is CCN(Cc1ccco1)Cc1nnc(N)s1. The lowest BCUT2D eigenvalue weighted by Gasteiger charge is -2.16. The van der Waals surface area contributed by atoms with Gasteiger partial charge in [0.1, 0.15) is 10.8 Å². The summed E-state index contributed by atoms with van der Waals surface area (Å²) in [6.45, 7) is 4.57. The number of nitrogens with zero attached hydrogens (tertiary/aromatic N) is 3. The van der Waals surface area contributed by atoms with Crippen LogP contribution in [0.2, 0.25) is 0 Å². The summed E-state index contributed by atoms with van der Waals surface area (Å²) in [7, 11) is 0. The zero-order valence-corrected chi connectivity index (χ0v) is 9.91. The summed E-state index contributed by atoms with van der Waals surface area (Å²) in [5.41, 5.74) is 5.54. The van der Waals surface area contributed by atoms with Crippen LogP contribution in [0.3, 0.4) is 0 Å². The molecule has 2 rings (SSSR count). The molecule has 0 aliphatic heterocycles. The van der Waals surface area contributed by atoms with Gasteiger partial charge in [0.15, 0.2) is 0 Å². The Hall–Kier alpha value is -1.40. The highest BCUT2D eigenvalue weighted by molar-refractivity contribution is 7.15. The molecule has 0 aromatic carbocycles. The van der Waals surface area contributed by atoms with Crippen molar-refractivity contribution in [3.8, 4) is 0 Å². The van der Waals surface area contributed by atoms with E-state index in [2.05, 4.69) is 22.0 Å².